The first-order valence-corrected chi connectivity index (χ1v) is 7.75. The number of rotatable bonds is 7. The highest BCUT2D eigenvalue weighted by Gasteiger charge is 2.35. The molecule has 3 nitrogen and oxygen atoms in total. The van der Waals surface area contributed by atoms with Crippen LogP contribution in [0.5, 0.6) is 0 Å². The average Bonchev–Trinajstić information content (AvgIpc) is 2.37. The first-order valence-electron chi connectivity index (χ1n) is 7.75. The summed E-state index contributed by atoms with van der Waals surface area (Å²) in [6.45, 7) is 8.71. The zero-order valence-corrected chi connectivity index (χ0v) is 13.3. The molecule has 0 saturated carbocycles. The minimum Gasteiger partial charge on any atom is -0.478 e. The fraction of sp³-hybridized carbons (Fsp3) is 0.706. The highest BCUT2D eigenvalue weighted by Crippen LogP contribution is 2.42. The first kappa shape index (κ1) is 16.8. The summed E-state index contributed by atoms with van der Waals surface area (Å²) >= 11 is 0. The van der Waals surface area contributed by atoms with Gasteiger partial charge < -0.3 is 10.8 Å². The molecule has 3 N–H and O–H groups in total. The standard InChI is InChI=1S/C17H29NO2/c1-5-7-8-12(6-2)11-14-15(18)13(16(19)20)9-10-17(14,3)4/h9-10,12,14H,5-8,11,18H2,1-4H3,(H,19,20). The van der Waals surface area contributed by atoms with Crippen molar-refractivity contribution in [2.45, 2.75) is 59.8 Å². The molecule has 0 bridgehead atoms. The number of carbonyl (C=O) groups is 1. The van der Waals surface area contributed by atoms with Crippen molar-refractivity contribution in [2.75, 3.05) is 0 Å². The molecule has 0 aromatic carbocycles. The topological polar surface area (TPSA) is 63.3 Å². The van der Waals surface area contributed by atoms with Crippen molar-refractivity contribution in [3.05, 3.63) is 23.4 Å². The van der Waals surface area contributed by atoms with Gasteiger partial charge >= 0.3 is 5.97 Å². The summed E-state index contributed by atoms with van der Waals surface area (Å²) in [5.41, 5.74) is 6.95. The van der Waals surface area contributed by atoms with E-state index in [-0.39, 0.29) is 16.9 Å². The second kappa shape index (κ2) is 6.96. The lowest BCUT2D eigenvalue weighted by molar-refractivity contribution is -0.132. The van der Waals surface area contributed by atoms with E-state index in [1.54, 1.807) is 6.08 Å². The zero-order chi connectivity index (χ0) is 15.3. The number of aliphatic carboxylic acids is 1. The molecule has 1 rings (SSSR count). The van der Waals surface area contributed by atoms with E-state index in [1.807, 2.05) is 6.08 Å². The van der Waals surface area contributed by atoms with E-state index in [9.17, 15) is 9.90 Å². The van der Waals surface area contributed by atoms with Crippen molar-refractivity contribution in [2.24, 2.45) is 23.0 Å². The van der Waals surface area contributed by atoms with Crippen molar-refractivity contribution >= 4 is 5.97 Å². The van der Waals surface area contributed by atoms with Crippen molar-refractivity contribution in [3.63, 3.8) is 0 Å². The Labute approximate surface area is 122 Å². The molecule has 1 aliphatic carbocycles. The van der Waals surface area contributed by atoms with Gasteiger partial charge in [-0.3, -0.25) is 0 Å². The van der Waals surface area contributed by atoms with Crippen LogP contribution in [0.25, 0.3) is 0 Å². The SMILES string of the molecule is CCCCC(CC)CC1C(N)=C(C(=O)O)C=CC1(C)C. The Balaban J connectivity index is 2.93. The van der Waals surface area contributed by atoms with Gasteiger partial charge in [0.05, 0.1) is 5.57 Å². The molecule has 0 fully saturated rings. The molecule has 0 radical (unpaired) electrons. The molecule has 1 aliphatic rings. The molecule has 0 heterocycles. The van der Waals surface area contributed by atoms with Gasteiger partial charge in [-0.15, -0.1) is 0 Å². The summed E-state index contributed by atoms with van der Waals surface area (Å²) in [7, 11) is 0. The fourth-order valence-electron chi connectivity index (χ4n) is 3.04. The monoisotopic (exact) mass is 279 g/mol. The third kappa shape index (κ3) is 3.87. The van der Waals surface area contributed by atoms with E-state index >= 15 is 0 Å². The van der Waals surface area contributed by atoms with Crippen LogP contribution in [0.3, 0.4) is 0 Å². The summed E-state index contributed by atoms with van der Waals surface area (Å²) in [5, 5.41) is 9.24. The summed E-state index contributed by atoms with van der Waals surface area (Å²) in [6.07, 6.45) is 9.43. The number of carboxylic acid groups (broad SMARTS) is 1. The zero-order valence-electron chi connectivity index (χ0n) is 13.3. The lowest BCUT2D eigenvalue weighted by Crippen LogP contribution is -2.33. The molecular weight excluding hydrogens is 250 g/mol. The molecule has 114 valence electrons. The van der Waals surface area contributed by atoms with E-state index in [0.717, 1.165) is 12.8 Å². The largest absolute Gasteiger partial charge is 0.478 e. The molecule has 0 aromatic heterocycles. The maximum absolute atomic E-state index is 11.3. The van der Waals surface area contributed by atoms with Crippen LogP contribution in [0.15, 0.2) is 23.4 Å². The fourth-order valence-corrected chi connectivity index (χ4v) is 3.04. The molecule has 0 aromatic rings. The molecule has 20 heavy (non-hydrogen) atoms. The van der Waals surface area contributed by atoms with Crippen molar-refractivity contribution in [1.82, 2.24) is 0 Å². The molecule has 3 heteroatoms. The van der Waals surface area contributed by atoms with E-state index in [1.165, 1.54) is 19.3 Å². The number of hydrogen-bond donors (Lipinski definition) is 2. The molecule has 0 saturated heterocycles. The van der Waals surface area contributed by atoms with Crippen molar-refractivity contribution in [3.8, 4) is 0 Å². The van der Waals surface area contributed by atoms with Gasteiger partial charge in [0, 0.05) is 11.6 Å². The summed E-state index contributed by atoms with van der Waals surface area (Å²) in [5.74, 6) is -0.166. The average molecular weight is 279 g/mol. The summed E-state index contributed by atoms with van der Waals surface area (Å²) in [4.78, 5) is 11.3. The lowest BCUT2D eigenvalue weighted by Gasteiger charge is -2.37. The van der Waals surface area contributed by atoms with Gasteiger partial charge in [-0.05, 0) is 23.8 Å². The van der Waals surface area contributed by atoms with Gasteiger partial charge in [0.1, 0.15) is 0 Å². The summed E-state index contributed by atoms with van der Waals surface area (Å²) in [6, 6.07) is 0. The van der Waals surface area contributed by atoms with Crippen LogP contribution in [-0.4, -0.2) is 11.1 Å². The maximum atomic E-state index is 11.3. The van der Waals surface area contributed by atoms with E-state index in [2.05, 4.69) is 27.7 Å². The van der Waals surface area contributed by atoms with Gasteiger partial charge in [0.2, 0.25) is 0 Å². The minimum absolute atomic E-state index is 0.0668. The number of allylic oxidation sites excluding steroid dienone is 2. The Morgan fingerprint density at radius 1 is 1.45 bits per heavy atom. The van der Waals surface area contributed by atoms with Crippen LogP contribution in [0, 0.1) is 17.3 Å². The predicted molar refractivity (Wildman–Crippen MR) is 83.2 cm³/mol. The predicted octanol–water partition coefficient (Wildman–Crippen LogP) is 4.10. The van der Waals surface area contributed by atoms with Gasteiger partial charge in [0.15, 0.2) is 0 Å². The molecule has 2 unspecified atom stereocenters. The van der Waals surface area contributed by atoms with Crippen LogP contribution >= 0.6 is 0 Å². The second-order valence-corrected chi connectivity index (χ2v) is 6.53. The van der Waals surface area contributed by atoms with E-state index in [0.29, 0.717) is 11.6 Å². The van der Waals surface area contributed by atoms with Gasteiger partial charge in [0.25, 0.3) is 0 Å². The number of hydrogen-bond acceptors (Lipinski definition) is 2. The van der Waals surface area contributed by atoms with Crippen LogP contribution in [0.4, 0.5) is 0 Å². The molecular formula is C17H29NO2. The Hall–Kier alpha value is -1.25. The summed E-state index contributed by atoms with van der Waals surface area (Å²) < 4.78 is 0. The normalized spacial score (nSPS) is 22.9. The Morgan fingerprint density at radius 2 is 2.10 bits per heavy atom. The van der Waals surface area contributed by atoms with Crippen molar-refractivity contribution in [1.29, 1.82) is 0 Å². The smallest absolute Gasteiger partial charge is 0.337 e. The molecule has 0 aliphatic heterocycles. The number of nitrogens with two attached hydrogens (primary N) is 1. The third-order valence-electron chi connectivity index (χ3n) is 4.61. The van der Waals surface area contributed by atoms with E-state index in [4.69, 9.17) is 5.73 Å². The molecule has 0 spiro atoms. The van der Waals surface area contributed by atoms with Crippen LogP contribution < -0.4 is 5.73 Å². The van der Waals surface area contributed by atoms with Gasteiger partial charge in [-0.1, -0.05) is 59.5 Å². The molecule has 0 amide bonds. The number of unbranched alkanes of at least 4 members (excludes halogenated alkanes) is 1. The van der Waals surface area contributed by atoms with Crippen LogP contribution in [0.1, 0.15) is 59.8 Å². The van der Waals surface area contributed by atoms with E-state index < -0.39 is 5.97 Å². The highest BCUT2D eigenvalue weighted by atomic mass is 16.4. The third-order valence-corrected chi connectivity index (χ3v) is 4.61. The first-order chi connectivity index (χ1) is 9.33. The van der Waals surface area contributed by atoms with Crippen LogP contribution in [0.2, 0.25) is 0 Å². The maximum Gasteiger partial charge on any atom is 0.337 e. The van der Waals surface area contributed by atoms with Crippen molar-refractivity contribution < 1.29 is 9.90 Å². The second-order valence-electron chi connectivity index (χ2n) is 6.53. The molecule has 2 atom stereocenters. The van der Waals surface area contributed by atoms with Gasteiger partial charge in [-0.2, -0.15) is 0 Å². The Kier molecular flexibility index (Phi) is 5.85. The lowest BCUT2D eigenvalue weighted by atomic mass is 9.68. The van der Waals surface area contributed by atoms with Crippen LogP contribution in [-0.2, 0) is 4.79 Å². The highest BCUT2D eigenvalue weighted by molar-refractivity contribution is 5.91. The quantitative estimate of drug-likeness (QED) is 0.737. The number of carboxylic acids is 1. The Bertz CT molecular complexity index is 407. The van der Waals surface area contributed by atoms with Gasteiger partial charge in [-0.25, -0.2) is 4.79 Å². The minimum atomic E-state index is -0.916. The Morgan fingerprint density at radius 3 is 2.60 bits per heavy atom.